The van der Waals surface area contributed by atoms with Crippen LogP contribution < -0.4 is 0 Å². The van der Waals surface area contributed by atoms with Crippen molar-refractivity contribution in [2.24, 2.45) is 0 Å². The Bertz CT molecular complexity index is 365. The number of carbonyl (C=O) groups is 2. The summed E-state index contributed by atoms with van der Waals surface area (Å²) in [6.07, 6.45) is 2.49. The first-order valence-corrected chi connectivity index (χ1v) is 4.22. The van der Waals surface area contributed by atoms with Crippen LogP contribution in [0.25, 0.3) is 0 Å². The van der Waals surface area contributed by atoms with Gasteiger partial charge in [0.25, 0.3) is 0 Å². The Hall–Kier alpha value is -1.42. The Labute approximate surface area is 85.9 Å². The smallest absolute Gasteiger partial charge is 0.313 e. The molecule has 1 aromatic rings. The summed E-state index contributed by atoms with van der Waals surface area (Å²) >= 11 is 5.71. The fourth-order valence-corrected chi connectivity index (χ4v) is 1.12. The summed E-state index contributed by atoms with van der Waals surface area (Å²) in [7, 11) is 1.23. The lowest BCUT2D eigenvalue weighted by molar-refractivity contribution is -0.139. The minimum absolute atomic E-state index is 0.237. The maximum Gasteiger partial charge on any atom is 0.313 e. The minimum atomic E-state index is -0.581. The maximum absolute atomic E-state index is 11.4. The number of Topliss-reactive ketones (excluding diaryl/α,β-unsaturated/α-hetero) is 1. The average Bonchev–Trinajstić information content (AvgIpc) is 2.18. The van der Waals surface area contributed by atoms with Gasteiger partial charge in [0.05, 0.1) is 12.1 Å². The van der Waals surface area contributed by atoms with E-state index in [1.54, 1.807) is 0 Å². The monoisotopic (exact) mass is 213 g/mol. The standard InChI is InChI=1S/C9H8ClNO3/c1-14-9(13)4-8(12)6-2-3-11-5-7(6)10/h2-3,5H,4H2,1H3. The van der Waals surface area contributed by atoms with Crippen LogP contribution in [0.2, 0.25) is 5.02 Å². The Balaban J connectivity index is 2.80. The molecule has 0 unspecified atom stereocenters. The summed E-state index contributed by atoms with van der Waals surface area (Å²) in [4.78, 5) is 26.0. The highest BCUT2D eigenvalue weighted by atomic mass is 35.5. The minimum Gasteiger partial charge on any atom is -0.469 e. The van der Waals surface area contributed by atoms with Gasteiger partial charge in [0.2, 0.25) is 0 Å². The van der Waals surface area contributed by atoms with E-state index in [1.165, 1.54) is 25.6 Å². The van der Waals surface area contributed by atoms with Crippen molar-refractivity contribution in [3.8, 4) is 0 Å². The molecule has 0 aliphatic heterocycles. The average molecular weight is 214 g/mol. The van der Waals surface area contributed by atoms with Crippen LogP contribution in [-0.4, -0.2) is 23.8 Å². The van der Waals surface area contributed by atoms with E-state index >= 15 is 0 Å². The van der Waals surface area contributed by atoms with Gasteiger partial charge in [0, 0.05) is 18.0 Å². The fraction of sp³-hybridized carbons (Fsp3) is 0.222. The third kappa shape index (κ3) is 2.53. The van der Waals surface area contributed by atoms with E-state index in [4.69, 9.17) is 11.6 Å². The van der Waals surface area contributed by atoms with Crippen LogP contribution in [0.1, 0.15) is 16.8 Å². The predicted octanol–water partition coefficient (Wildman–Crippen LogP) is 1.48. The number of nitrogens with zero attached hydrogens (tertiary/aromatic N) is 1. The third-order valence-corrected chi connectivity index (χ3v) is 1.91. The number of hydrogen-bond donors (Lipinski definition) is 0. The molecular formula is C9H8ClNO3. The first kappa shape index (κ1) is 10.7. The van der Waals surface area contributed by atoms with Gasteiger partial charge in [-0.15, -0.1) is 0 Å². The molecule has 5 heteroatoms. The van der Waals surface area contributed by atoms with E-state index in [1.807, 2.05) is 0 Å². The molecule has 14 heavy (non-hydrogen) atoms. The van der Waals surface area contributed by atoms with Gasteiger partial charge in [-0.2, -0.15) is 0 Å². The van der Waals surface area contributed by atoms with E-state index < -0.39 is 5.97 Å². The van der Waals surface area contributed by atoms with Gasteiger partial charge < -0.3 is 4.74 Å². The topological polar surface area (TPSA) is 56.3 Å². The summed E-state index contributed by atoms with van der Waals surface area (Å²) in [5.41, 5.74) is 0.284. The highest BCUT2D eigenvalue weighted by Crippen LogP contribution is 2.15. The molecule has 0 fully saturated rings. The zero-order valence-corrected chi connectivity index (χ0v) is 8.25. The van der Waals surface area contributed by atoms with E-state index in [2.05, 4.69) is 9.72 Å². The number of aromatic nitrogens is 1. The molecule has 1 aromatic heterocycles. The molecule has 0 N–H and O–H groups in total. The first-order chi connectivity index (χ1) is 6.65. The molecule has 0 spiro atoms. The molecule has 74 valence electrons. The molecular weight excluding hydrogens is 206 g/mol. The first-order valence-electron chi connectivity index (χ1n) is 3.84. The quantitative estimate of drug-likeness (QED) is 0.434. The van der Waals surface area contributed by atoms with Crippen molar-refractivity contribution in [3.05, 3.63) is 29.0 Å². The number of carbonyl (C=O) groups excluding carboxylic acids is 2. The van der Waals surface area contributed by atoms with Gasteiger partial charge in [-0.3, -0.25) is 14.6 Å². The van der Waals surface area contributed by atoms with E-state index in [0.717, 1.165) is 0 Å². The molecule has 0 aliphatic rings. The highest BCUT2D eigenvalue weighted by Gasteiger charge is 2.14. The summed E-state index contributed by atoms with van der Waals surface area (Å²) < 4.78 is 4.36. The number of pyridine rings is 1. The van der Waals surface area contributed by atoms with Crippen molar-refractivity contribution in [1.29, 1.82) is 0 Å². The number of esters is 1. The number of halogens is 1. The van der Waals surface area contributed by atoms with Crippen LogP contribution in [0.4, 0.5) is 0 Å². The van der Waals surface area contributed by atoms with Gasteiger partial charge in [0.1, 0.15) is 6.42 Å². The Morgan fingerprint density at radius 1 is 1.57 bits per heavy atom. The van der Waals surface area contributed by atoms with Crippen molar-refractivity contribution in [2.45, 2.75) is 6.42 Å². The highest BCUT2D eigenvalue weighted by molar-refractivity contribution is 6.34. The second-order valence-corrected chi connectivity index (χ2v) is 2.94. The molecule has 1 heterocycles. The van der Waals surface area contributed by atoms with Crippen molar-refractivity contribution in [3.63, 3.8) is 0 Å². The normalized spacial score (nSPS) is 9.57. The number of rotatable bonds is 3. The second-order valence-electron chi connectivity index (χ2n) is 2.53. The molecule has 0 atom stereocenters. The van der Waals surface area contributed by atoms with E-state index in [0.29, 0.717) is 0 Å². The molecule has 0 bridgehead atoms. The van der Waals surface area contributed by atoms with Crippen LogP contribution in [0, 0.1) is 0 Å². The van der Waals surface area contributed by atoms with Crippen molar-refractivity contribution >= 4 is 23.4 Å². The Morgan fingerprint density at radius 2 is 2.29 bits per heavy atom. The largest absolute Gasteiger partial charge is 0.469 e. The van der Waals surface area contributed by atoms with Gasteiger partial charge in [-0.1, -0.05) is 11.6 Å². The van der Waals surface area contributed by atoms with Crippen molar-refractivity contribution in [1.82, 2.24) is 4.98 Å². The lowest BCUT2D eigenvalue weighted by Gasteiger charge is -2.01. The number of methoxy groups -OCH3 is 1. The van der Waals surface area contributed by atoms with Gasteiger partial charge >= 0.3 is 5.97 Å². The molecule has 4 nitrogen and oxygen atoms in total. The number of ketones is 1. The summed E-state index contributed by atoms with van der Waals surface area (Å²) in [5, 5.41) is 0.237. The van der Waals surface area contributed by atoms with Crippen LogP contribution in [0.15, 0.2) is 18.5 Å². The maximum atomic E-state index is 11.4. The fourth-order valence-electron chi connectivity index (χ4n) is 0.900. The molecule has 0 saturated carbocycles. The molecule has 0 aliphatic carbocycles. The van der Waals surface area contributed by atoms with Crippen LogP contribution in [0.5, 0.6) is 0 Å². The Morgan fingerprint density at radius 3 is 2.86 bits per heavy atom. The van der Waals surface area contributed by atoms with Gasteiger partial charge in [0.15, 0.2) is 5.78 Å². The third-order valence-electron chi connectivity index (χ3n) is 1.61. The van der Waals surface area contributed by atoms with E-state index in [-0.39, 0.29) is 22.8 Å². The van der Waals surface area contributed by atoms with Crippen LogP contribution >= 0.6 is 11.6 Å². The van der Waals surface area contributed by atoms with Crippen molar-refractivity contribution in [2.75, 3.05) is 7.11 Å². The van der Waals surface area contributed by atoms with Gasteiger partial charge in [-0.25, -0.2) is 0 Å². The SMILES string of the molecule is COC(=O)CC(=O)c1ccncc1Cl. The lowest BCUT2D eigenvalue weighted by Crippen LogP contribution is -2.09. The summed E-state index contributed by atoms with van der Waals surface area (Å²) in [6, 6.07) is 1.47. The lowest BCUT2D eigenvalue weighted by atomic mass is 10.1. The number of ether oxygens (including phenoxy) is 1. The molecule has 0 saturated heterocycles. The summed E-state index contributed by atoms with van der Waals surface area (Å²) in [5.74, 6) is -0.952. The molecule has 0 radical (unpaired) electrons. The van der Waals surface area contributed by atoms with Crippen molar-refractivity contribution < 1.29 is 14.3 Å². The zero-order valence-electron chi connectivity index (χ0n) is 7.49. The molecule has 1 rings (SSSR count). The van der Waals surface area contributed by atoms with E-state index in [9.17, 15) is 9.59 Å². The number of hydrogen-bond acceptors (Lipinski definition) is 4. The summed E-state index contributed by atoms with van der Waals surface area (Å²) in [6.45, 7) is 0. The van der Waals surface area contributed by atoms with Crippen LogP contribution in [-0.2, 0) is 9.53 Å². The predicted molar refractivity (Wildman–Crippen MR) is 50.2 cm³/mol. The zero-order chi connectivity index (χ0) is 10.6. The molecule has 0 aromatic carbocycles. The van der Waals surface area contributed by atoms with Crippen LogP contribution in [0.3, 0.4) is 0 Å². The Kier molecular flexibility index (Phi) is 3.59. The van der Waals surface area contributed by atoms with Gasteiger partial charge in [-0.05, 0) is 6.07 Å². The molecule has 0 amide bonds. The second kappa shape index (κ2) is 4.72.